The van der Waals surface area contributed by atoms with Gasteiger partial charge in [-0.3, -0.25) is 14.9 Å². The fourth-order valence-corrected chi connectivity index (χ4v) is 4.06. The Balaban J connectivity index is 2.25. The number of anilines is 1. The molecule has 1 N–H and O–H groups in total. The molecule has 2 aromatic rings. The van der Waals surface area contributed by atoms with Gasteiger partial charge in [-0.1, -0.05) is 46.3 Å². The van der Waals surface area contributed by atoms with Gasteiger partial charge in [-0.05, 0) is 30.7 Å². The van der Waals surface area contributed by atoms with Crippen LogP contribution in [0.2, 0.25) is 0 Å². The zero-order chi connectivity index (χ0) is 21.2. The van der Waals surface area contributed by atoms with Gasteiger partial charge in [0, 0.05) is 27.7 Å². The number of nitro groups is 1. The number of carbonyl (C=O) groups is 2. The van der Waals surface area contributed by atoms with Crippen LogP contribution in [-0.2, 0) is 15.1 Å². The van der Waals surface area contributed by atoms with Crippen molar-refractivity contribution < 1.29 is 19.2 Å². The van der Waals surface area contributed by atoms with E-state index in [1.165, 1.54) is 4.90 Å². The summed E-state index contributed by atoms with van der Waals surface area (Å²) in [5, 5.41) is 14.3. The van der Waals surface area contributed by atoms with Crippen LogP contribution < -0.4 is 10.2 Å². The molecule has 0 spiro atoms. The lowest BCUT2D eigenvalue weighted by atomic mass is 9.75. The second-order valence-electron chi connectivity index (χ2n) is 6.65. The van der Waals surface area contributed by atoms with Crippen molar-refractivity contribution in [2.45, 2.75) is 18.4 Å². The van der Waals surface area contributed by atoms with Crippen LogP contribution in [0.3, 0.4) is 0 Å². The Morgan fingerprint density at radius 2 is 1.93 bits per heavy atom. The molecule has 1 aliphatic rings. The summed E-state index contributed by atoms with van der Waals surface area (Å²) >= 11 is 3.35. The van der Waals surface area contributed by atoms with Gasteiger partial charge < -0.3 is 15.0 Å². The lowest BCUT2D eigenvalue weighted by Crippen LogP contribution is -2.57. The van der Waals surface area contributed by atoms with E-state index in [1.54, 1.807) is 62.5 Å². The smallest absolute Gasteiger partial charge is 0.408 e. The first-order valence-electron chi connectivity index (χ1n) is 9.01. The average Bonchev–Trinajstić information content (AvgIpc) is 2.90. The Labute approximate surface area is 176 Å². The van der Waals surface area contributed by atoms with Gasteiger partial charge in [0.05, 0.1) is 12.5 Å². The fraction of sp³-hybridized carbons (Fsp3) is 0.300. The molecular formula is C20H20BrN3O5. The molecule has 2 atom stereocenters. The van der Waals surface area contributed by atoms with Gasteiger partial charge in [0.1, 0.15) is 0 Å². The fourth-order valence-electron chi connectivity index (χ4n) is 3.80. The van der Waals surface area contributed by atoms with Crippen LogP contribution in [-0.4, -0.2) is 37.1 Å². The molecule has 2 unspecified atom stereocenters. The van der Waals surface area contributed by atoms with Gasteiger partial charge in [-0.15, -0.1) is 0 Å². The van der Waals surface area contributed by atoms with E-state index in [2.05, 4.69) is 21.2 Å². The van der Waals surface area contributed by atoms with E-state index >= 15 is 0 Å². The predicted octanol–water partition coefficient (Wildman–Crippen LogP) is 3.43. The second kappa shape index (κ2) is 8.20. The number of alkyl carbamates (subject to hydrolysis) is 1. The molecule has 1 heterocycles. The van der Waals surface area contributed by atoms with Gasteiger partial charge in [0.15, 0.2) is 5.54 Å². The Bertz CT molecular complexity index is 949. The first kappa shape index (κ1) is 20.8. The number of fused-ring (bicyclic) bond motifs is 1. The average molecular weight is 462 g/mol. The molecule has 0 saturated carbocycles. The standard InChI is InChI=1S/C20H20BrN3O5/c1-3-29-19(26)22-20(15-6-4-5-7-17(15)23(2)18(20)25)16(12-24(27)28)13-8-10-14(21)11-9-13/h4-11,16H,3,12H2,1-2H3,(H,22,26). The van der Waals surface area contributed by atoms with E-state index in [1.807, 2.05) is 0 Å². The summed E-state index contributed by atoms with van der Waals surface area (Å²) in [6.45, 7) is 1.19. The highest BCUT2D eigenvalue weighted by molar-refractivity contribution is 9.10. The minimum atomic E-state index is -1.67. The van der Waals surface area contributed by atoms with Crippen molar-refractivity contribution in [2.75, 3.05) is 25.1 Å². The Morgan fingerprint density at radius 3 is 2.55 bits per heavy atom. The number of likely N-dealkylation sites (N-methyl/N-ethyl adjacent to an activating group) is 1. The molecule has 0 saturated heterocycles. The highest BCUT2D eigenvalue weighted by Crippen LogP contribution is 2.48. The number of amides is 2. The molecule has 9 heteroatoms. The third-order valence-corrected chi connectivity index (χ3v) is 5.56. The number of halogens is 1. The third kappa shape index (κ3) is 3.69. The van der Waals surface area contributed by atoms with Crippen molar-refractivity contribution in [3.05, 3.63) is 74.2 Å². The van der Waals surface area contributed by atoms with Crippen LogP contribution in [0.4, 0.5) is 10.5 Å². The number of nitrogens with zero attached hydrogens (tertiary/aromatic N) is 2. The van der Waals surface area contributed by atoms with Crippen molar-refractivity contribution in [2.24, 2.45) is 0 Å². The van der Waals surface area contributed by atoms with Gasteiger partial charge >= 0.3 is 6.09 Å². The van der Waals surface area contributed by atoms with E-state index in [4.69, 9.17) is 4.74 Å². The van der Waals surface area contributed by atoms with Crippen molar-refractivity contribution in [1.29, 1.82) is 0 Å². The van der Waals surface area contributed by atoms with Crippen LogP contribution in [0.1, 0.15) is 24.0 Å². The topological polar surface area (TPSA) is 102 Å². The van der Waals surface area contributed by atoms with Gasteiger partial charge in [-0.2, -0.15) is 0 Å². The Hall–Kier alpha value is -2.94. The summed E-state index contributed by atoms with van der Waals surface area (Å²) in [5.74, 6) is -1.41. The lowest BCUT2D eigenvalue weighted by Gasteiger charge is -2.35. The maximum Gasteiger partial charge on any atom is 0.408 e. The van der Waals surface area contributed by atoms with E-state index in [0.29, 0.717) is 16.8 Å². The van der Waals surface area contributed by atoms with E-state index < -0.39 is 34.9 Å². The summed E-state index contributed by atoms with van der Waals surface area (Å²) in [7, 11) is 1.58. The monoisotopic (exact) mass is 461 g/mol. The maximum atomic E-state index is 13.5. The third-order valence-electron chi connectivity index (χ3n) is 5.03. The second-order valence-corrected chi connectivity index (χ2v) is 7.57. The molecule has 0 aliphatic carbocycles. The molecule has 1 aliphatic heterocycles. The van der Waals surface area contributed by atoms with Crippen LogP contribution in [0, 0.1) is 10.1 Å². The number of carbonyl (C=O) groups excluding carboxylic acids is 2. The normalized spacial score (nSPS) is 18.9. The zero-order valence-electron chi connectivity index (χ0n) is 15.9. The van der Waals surface area contributed by atoms with Crippen molar-refractivity contribution in [1.82, 2.24) is 5.32 Å². The quantitative estimate of drug-likeness (QED) is 0.524. The minimum Gasteiger partial charge on any atom is -0.450 e. The molecule has 0 fully saturated rings. The first-order valence-corrected chi connectivity index (χ1v) is 9.80. The highest BCUT2D eigenvalue weighted by Gasteiger charge is 2.58. The first-order chi connectivity index (χ1) is 13.8. The summed E-state index contributed by atoms with van der Waals surface area (Å²) in [4.78, 5) is 38.5. The molecule has 2 amide bonds. The molecule has 0 bridgehead atoms. The number of nitrogens with one attached hydrogen (secondary N) is 1. The summed E-state index contributed by atoms with van der Waals surface area (Å²) in [6, 6.07) is 13.9. The summed E-state index contributed by atoms with van der Waals surface area (Å²) < 4.78 is 5.83. The number of ether oxygens (including phenoxy) is 1. The van der Waals surface area contributed by atoms with Crippen LogP contribution >= 0.6 is 15.9 Å². The van der Waals surface area contributed by atoms with E-state index in [0.717, 1.165) is 4.47 Å². The predicted molar refractivity (Wildman–Crippen MR) is 110 cm³/mol. The van der Waals surface area contributed by atoms with Crippen molar-refractivity contribution >= 4 is 33.6 Å². The highest BCUT2D eigenvalue weighted by atomic mass is 79.9. The van der Waals surface area contributed by atoms with Gasteiger partial charge in [0.2, 0.25) is 6.54 Å². The SMILES string of the molecule is CCOC(=O)NC1(C(C[N+](=O)[O-])c2ccc(Br)cc2)C(=O)N(C)c2ccccc21. The number of benzene rings is 2. The number of rotatable bonds is 6. The minimum absolute atomic E-state index is 0.103. The number of para-hydroxylation sites is 1. The molecule has 3 rings (SSSR count). The molecule has 0 aromatic heterocycles. The van der Waals surface area contributed by atoms with Gasteiger partial charge in [0.25, 0.3) is 5.91 Å². The molecular weight excluding hydrogens is 442 g/mol. The Kier molecular flexibility index (Phi) is 5.88. The molecule has 8 nitrogen and oxygen atoms in total. The maximum absolute atomic E-state index is 13.5. The van der Waals surface area contributed by atoms with Crippen LogP contribution in [0.5, 0.6) is 0 Å². The summed E-state index contributed by atoms with van der Waals surface area (Å²) in [5.41, 5.74) is -0.0337. The summed E-state index contributed by atoms with van der Waals surface area (Å²) in [6.07, 6.45) is -0.809. The number of hydrogen-bond donors (Lipinski definition) is 1. The van der Waals surface area contributed by atoms with Crippen LogP contribution in [0.25, 0.3) is 0 Å². The van der Waals surface area contributed by atoms with Crippen LogP contribution in [0.15, 0.2) is 53.0 Å². The molecule has 29 heavy (non-hydrogen) atoms. The van der Waals surface area contributed by atoms with Crippen molar-refractivity contribution in [3.63, 3.8) is 0 Å². The zero-order valence-corrected chi connectivity index (χ0v) is 17.5. The molecule has 0 radical (unpaired) electrons. The van der Waals surface area contributed by atoms with E-state index in [9.17, 15) is 19.7 Å². The van der Waals surface area contributed by atoms with E-state index in [-0.39, 0.29) is 6.61 Å². The van der Waals surface area contributed by atoms with Gasteiger partial charge in [-0.25, -0.2) is 4.79 Å². The lowest BCUT2D eigenvalue weighted by molar-refractivity contribution is -0.485. The Morgan fingerprint density at radius 1 is 1.28 bits per heavy atom. The largest absolute Gasteiger partial charge is 0.450 e. The number of hydrogen-bond acceptors (Lipinski definition) is 5. The molecule has 2 aromatic carbocycles. The van der Waals surface area contributed by atoms with Crippen molar-refractivity contribution in [3.8, 4) is 0 Å². The molecule has 152 valence electrons.